The van der Waals surface area contributed by atoms with Gasteiger partial charge in [-0.3, -0.25) is 4.79 Å². The molecular weight excluding hydrogens is 380 g/mol. The molecule has 9 heteroatoms. The number of nitrogens with one attached hydrogen (secondary N) is 2. The van der Waals surface area contributed by atoms with Crippen LogP contribution in [0.2, 0.25) is 0 Å². The summed E-state index contributed by atoms with van der Waals surface area (Å²) in [6, 6.07) is 5.58. The fourth-order valence-corrected chi connectivity index (χ4v) is 3.55. The lowest BCUT2D eigenvalue weighted by Crippen LogP contribution is -2.28. The highest BCUT2D eigenvalue weighted by atomic mass is 16.1. The number of anilines is 4. The van der Waals surface area contributed by atoms with Crippen molar-refractivity contribution in [3.8, 4) is 0 Å². The van der Waals surface area contributed by atoms with Crippen LogP contribution in [0.25, 0.3) is 0 Å². The van der Waals surface area contributed by atoms with Crippen LogP contribution < -0.4 is 21.3 Å². The van der Waals surface area contributed by atoms with Gasteiger partial charge in [0.05, 0.1) is 0 Å². The zero-order valence-electron chi connectivity index (χ0n) is 18.4. The van der Waals surface area contributed by atoms with Gasteiger partial charge in [0.1, 0.15) is 0 Å². The second-order valence-corrected chi connectivity index (χ2v) is 8.47. The second kappa shape index (κ2) is 9.25. The minimum absolute atomic E-state index is 0.299. The van der Waals surface area contributed by atoms with Gasteiger partial charge < -0.3 is 26.2 Å². The van der Waals surface area contributed by atoms with Crippen molar-refractivity contribution in [2.45, 2.75) is 33.2 Å². The number of hydrogen-bond donors (Lipinski definition) is 3. The minimum Gasteiger partial charge on any atom is -0.366 e. The van der Waals surface area contributed by atoms with Gasteiger partial charge >= 0.3 is 0 Å². The van der Waals surface area contributed by atoms with Crippen molar-refractivity contribution in [3.05, 3.63) is 29.3 Å². The van der Waals surface area contributed by atoms with Crippen molar-refractivity contribution in [3.63, 3.8) is 0 Å². The van der Waals surface area contributed by atoms with Gasteiger partial charge in [-0.2, -0.15) is 15.0 Å². The number of carbonyl (C=O) groups is 1. The van der Waals surface area contributed by atoms with Gasteiger partial charge in [0.25, 0.3) is 0 Å². The number of nitrogens with two attached hydrogens (primary N) is 1. The van der Waals surface area contributed by atoms with Crippen molar-refractivity contribution >= 4 is 29.4 Å². The van der Waals surface area contributed by atoms with Gasteiger partial charge in [0.2, 0.25) is 23.8 Å². The highest BCUT2D eigenvalue weighted by molar-refractivity contribution is 5.94. The summed E-state index contributed by atoms with van der Waals surface area (Å²) < 4.78 is 0. The molecule has 162 valence electrons. The molecule has 1 atom stereocenters. The van der Waals surface area contributed by atoms with E-state index in [1.54, 1.807) is 12.1 Å². The molecule has 4 N–H and O–H groups in total. The quantitative estimate of drug-likeness (QED) is 0.605. The number of benzene rings is 1. The SMILES string of the molecule is Cc1ccc(C(N)=O)cc1Nc1nc(NC2CCN(C)C2)nc(N(C)CC(C)C)n1. The summed E-state index contributed by atoms with van der Waals surface area (Å²) in [6.45, 7) is 9.09. The molecule has 1 saturated heterocycles. The number of hydrogen-bond acceptors (Lipinski definition) is 8. The molecule has 1 aliphatic rings. The molecule has 0 aliphatic carbocycles. The molecule has 0 bridgehead atoms. The Morgan fingerprint density at radius 1 is 1.30 bits per heavy atom. The van der Waals surface area contributed by atoms with Crippen molar-refractivity contribution in [2.24, 2.45) is 11.7 Å². The number of rotatable bonds is 8. The first-order valence-corrected chi connectivity index (χ1v) is 10.3. The van der Waals surface area contributed by atoms with Gasteiger partial charge in [0, 0.05) is 37.4 Å². The molecule has 3 rings (SSSR count). The van der Waals surface area contributed by atoms with Gasteiger partial charge in [-0.25, -0.2) is 0 Å². The third-order valence-corrected chi connectivity index (χ3v) is 5.10. The second-order valence-electron chi connectivity index (χ2n) is 8.47. The molecule has 2 heterocycles. The van der Waals surface area contributed by atoms with Crippen LogP contribution in [-0.4, -0.2) is 65.5 Å². The molecule has 1 amide bonds. The fraction of sp³-hybridized carbons (Fsp3) is 0.524. The molecular formula is C21H32N8O. The summed E-state index contributed by atoms with van der Waals surface area (Å²) in [4.78, 5) is 29.7. The molecule has 1 aliphatic heterocycles. The van der Waals surface area contributed by atoms with E-state index in [9.17, 15) is 4.79 Å². The summed E-state index contributed by atoms with van der Waals surface area (Å²) in [5.41, 5.74) is 7.57. The van der Waals surface area contributed by atoms with E-state index in [1.165, 1.54) is 0 Å². The first-order chi connectivity index (χ1) is 14.2. The topological polar surface area (TPSA) is 112 Å². The Bertz CT molecular complexity index is 901. The first-order valence-electron chi connectivity index (χ1n) is 10.3. The standard InChI is InChI=1S/C21H32N8O/c1-13(2)11-29(5)21-26-19(23-16-8-9-28(4)12-16)25-20(27-21)24-17-10-15(18(22)30)7-6-14(17)3/h6-7,10,13,16H,8-9,11-12H2,1-5H3,(H2,22,30)(H2,23,24,25,26,27). The molecule has 0 radical (unpaired) electrons. The largest absolute Gasteiger partial charge is 0.366 e. The summed E-state index contributed by atoms with van der Waals surface area (Å²) in [7, 11) is 4.09. The van der Waals surface area contributed by atoms with Crippen LogP contribution in [0.1, 0.15) is 36.2 Å². The van der Waals surface area contributed by atoms with Gasteiger partial charge in [-0.05, 0) is 50.6 Å². The summed E-state index contributed by atoms with van der Waals surface area (Å²) >= 11 is 0. The zero-order valence-corrected chi connectivity index (χ0v) is 18.4. The minimum atomic E-state index is -0.473. The molecule has 30 heavy (non-hydrogen) atoms. The highest BCUT2D eigenvalue weighted by Crippen LogP contribution is 2.23. The number of likely N-dealkylation sites (tertiary alicyclic amines) is 1. The Morgan fingerprint density at radius 2 is 2.03 bits per heavy atom. The van der Waals surface area contributed by atoms with Crippen molar-refractivity contribution in [1.29, 1.82) is 0 Å². The van der Waals surface area contributed by atoms with Crippen molar-refractivity contribution < 1.29 is 4.79 Å². The smallest absolute Gasteiger partial charge is 0.248 e. The number of amides is 1. The first kappa shape index (κ1) is 21.8. The van der Waals surface area contributed by atoms with Gasteiger partial charge in [-0.1, -0.05) is 19.9 Å². The van der Waals surface area contributed by atoms with E-state index in [4.69, 9.17) is 5.73 Å². The van der Waals surface area contributed by atoms with E-state index in [1.807, 2.05) is 24.9 Å². The van der Waals surface area contributed by atoms with Crippen LogP contribution in [0.5, 0.6) is 0 Å². The fourth-order valence-electron chi connectivity index (χ4n) is 3.55. The maximum Gasteiger partial charge on any atom is 0.248 e. The van der Waals surface area contributed by atoms with Crippen molar-refractivity contribution in [1.82, 2.24) is 19.9 Å². The normalized spacial score (nSPS) is 16.7. The number of aryl methyl sites for hydroxylation is 1. The molecule has 2 aromatic rings. The summed E-state index contributed by atoms with van der Waals surface area (Å²) in [6.07, 6.45) is 1.04. The van der Waals surface area contributed by atoms with Crippen LogP contribution in [0.4, 0.5) is 23.5 Å². The zero-order chi connectivity index (χ0) is 21.8. The number of aromatic nitrogens is 3. The van der Waals surface area contributed by atoms with Crippen LogP contribution in [0.15, 0.2) is 18.2 Å². The number of nitrogens with zero attached hydrogens (tertiary/aromatic N) is 5. The van der Waals surface area contributed by atoms with Crippen LogP contribution in [0.3, 0.4) is 0 Å². The third kappa shape index (κ3) is 5.56. The molecule has 0 spiro atoms. The summed E-state index contributed by atoms with van der Waals surface area (Å²) in [5, 5.41) is 6.69. The average molecular weight is 413 g/mol. The monoisotopic (exact) mass is 412 g/mol. The summed E-state index contributed by atoms with van der Waals surface area (Å²) in [5.74, 6) is 1.56. The van der Waals surface area contributed by atoms with Crippen LogP contribution >= 0.6 is 0 Å². The lowest BCUT2D eigenvalue weighted by Gasteiger charge is -2.21. The lowest BCUT2D eigenvalue weighted by atomic mass is 10.1. The Balaban J connectivity index is 1.91. The lowest BCUT2D eigenvalue weighted by molar-refractivity contribution is 0.100. The van der Waals surface area contributed by atoms with E-state index < -0.39 is 5.91 Å². The van der Waals surface area contributed by atoms with E-state index in [-0.39, 0.29) is 0 Å². The molecule has 1 fully saturated rings. The van der Waals surface area contributed by atoms with E-state index in [2.05, 4.69) is 51.4 Å². The Hall–Kier alpha value is -2.94. The molecule has 1 unspecified atom stereocenters. The molecule has 0 saturated carbocycles. The van der Waals surface area contributed by atoms with Gasteiger partial charge in [0.15, 0.2) is 0 Å². The van der Waals surface area contributed by atoms with Crippen LogP contribution in [0, 0.1) is 12.8 Å². The van der Waals surface area contributed by atoms with Gasteiger partial charge in [-0.15, -0.1) is 0 Å². The predicted molar refractivity (Wildman–Crippen MR) is 120 cm³/mol. The Morgan fingerprint density at radius 3 is 2.67 bits per heavy atom. The molecule has 9 nitrogen and oxygen atoms in total. The number of primary amides is 1. The Kier molecular flexibility index (Phi) is 6.71. The number of likely N-dealkylation sites (N-methyl/N-ethyl adjacent to an activating group) is 1. The van der Waals surface area contributed by atoms with Crippen molar-refractivity contribution in [2.75, 3.05) is 49.3 Å². The van der Waals surface area contributed by atoms with E-state index in [0.717, 1.165) is 37.3 Å². The highest BCUT2D eigenvalue weighted by Gasteiger charge is 2.21. The maximum atomic E-state index is 11.6. The molecule has 1 aromatic carbocycles. The third-order valence-electron chi connectivity index (χ3n) is 5.10. The van der Waals surface area contributed by atoms with Crippen LogP contribution in [-0.2, 0) is 0 Å². The average Bonchev–Trinajstić information content (AvgIpc) is 3.07. The predicted octanol–water partition coefficient (Wildman–Crippen LogP) is 2.23. The number of carbonyl (C=O) groups excluding carboxylic acids is 1. The maximum absolute atomic E-state index is 11.6. The Labute approximate surface area is 178 Å². The van der Waals surface area contributed by atoms with E-state index >= 15 is 0 Å². The van der Waals surface area contributed by atoms with E-state index in [0.29, 0.717) is 35.4 Å². The molecule has 1 aromatic heterocycles.